The highest BCUT2D eigenvalue weighted by atomic mass is 79.9. The van der Waals surface area contributed by atoms with E-state index in [4.69, 9.17) is 11.6 Å². The van der Waals surface area contributed by atoms with E-state index in [0.29, 0.717) is 10.9 Å². The number of carbonyl (C=O) groups excluding carboxylic acids is 1. The molecule has 0 unspecified atom stereocenters. The molecule has 5 nitrogen and oxygen atoms in total. The van der Waals surface area contributed by atoms with Gasteiger partial charge in [0, 0.05) is 17.4 Å². The first-order valence-corrected chi connectivity index (χ1v) is 8.04. The third-order valence-electron chi connectivity index (χ3n) is 2.27. The van der Waals surface area contributed by atoms with Crippen molar-refractivity contribution in [2.24, 2.45) is 0 Å². The van der Waals surface area contributed by atoms with Crippen LogP contribution in [0.15, 0.2) is 27.6 Å². The summed E-state index contributed by atoms with van der Waals surface area (Å²) in [7, 11) is -2.42. The number of halogens is 2. The van der Waals surface area contributed by atoms with Gasteiger partial charge < -0.3 is 4.74 Å². The molecular formula is C11H13BrClNO4S. The molecule has 0 aromatic heterocycles. The molecule has 0 fully saturated rings. The summed E-state index contributed by atoms with van der Waals surface area (Å²) in [6.07, 6.45) is 0.511. The standard InChI is InChI=1S/C11H13BrClNO4S/c1-18-10(15)6-3-7-14-19(16,17)11-8(12)4-2-5-9(11)13/h2,4-5,14H,3,6-7H2,1H3. The fourth-order valence-corrected chi connectivity index (χ4v) is 4.16. The molecule has 0 saturated heterocycles. The Kier molecular flexibility index (Phi) is 6.25. The third kappa shape index (κ3) is 4.76. The number of hydrogen-bond acceptors (Lipinski definition) is 4. The highest BCUT2D eigenvalue weighted by Gasteiger charge is 2.20. The summed E-state index contributed by atoms with van der Waals surface area (Å²) in [4.78, 5) is 10.9. The van der Waals surface area contributed by atoms with E-state index in [0.717, 1.165) is 0 Å². The van der Waals surface area contributed by atoms with Crippen LogP contribution in [0.4, 0.5) is 0 Å². The molecule has 0 aliphatic heterocycles. The molecular weight excluding hydrogens is 358 g/mol. The Labute approximate surface area is 125 Å². The van der Waals surface area contributed by atoms with Crippen molar-refractivity contribution in [1.82, 2.24) is 4.72 Å². The Balaban J connectivity index is 2.69. The molecule has 1 rings (SSSR count). The molecule has 0 heterocycles. The average molecular weight is 371 g/mol. The largest absolute Gasteiger partial charge is 0.469 e. The highest BCUT2D eigenvalue weighted by molar-refractivity contribution is 9.10. The van der Waals surface area contributed by atoms with Crippen LogP contribution in [-0.2, 0) is 19.6 Å². The Bertz CT molecular complexity index is 542. The Hall–Kier alpha value is -0.630. The lowest BCUT2D eigenvalue weighted by Crippen LogP contribution is -2.26. The predicted molar refractivity (Wildman–Crippen MR) is 75.6 cm³/mol. The average Bonchev–Trinajstić information content (AvgIpc) is 2.33. The fraction of sp³-hybridized carbons (Fsp3) is 0.364. The zero-order chi connectivity index (χ0) is 14.5. The lowest BCUT2D eigenvalue weighted by molar-refractivity contribution is -0.140. The van der Waals surface area contributed by atoms with Gasteiger partial charge in [-0.3, -0.25) is 4.79 Å². The summed E-state index contributed by atoms with van der Waals surface area (Å²) in [6.45, 7) is 0.134. The number of esters is 1. The highest BCUT2D eigenvalue weighted by Crippen LogP contribution is 2.28. The molecule has 0 spiro atoms. The number of ether oxygens (including phenoxy) is 1. The second-order valence-electron chi connectivity index (χ2n) is 3.63. The van der Waals surface area contributed by atoms with Gasteiger partial charge in [-0.05, 0) is 34.5 Å². The van der Waals surface area contributed by atoms with E-state index < -0.39 is 10.0 Å². The third-order valence-corrected chi connectivity index (χ3v) is 5.18. The predicted octanol–water partition coefficient (Wildman–Crippen LogP) is 2.33. The van der Waals surface area contributed by atoms with E-state index in [1.165, 1.54) is 13.2 Å². The minimum absolute atomic E-state index is 0.00488. The molecule has 106 valence electrons. The number of hydrogen-bond donors (Lipinski definition) is 1. The number of rotatable bonds is 6. The fourth-order valence-electron chi connectivity index (χ4n) is 1.35. The Morgan fingerprint density at radius 3 is 2.74 bits per heavy atom. The maximum atomic E-state index is 12.0. The molecule has 0 aliphatic rings. The van der Waals surface area contributed by atoms with Crippen molar-refractivity contribution in [2.45, 2.75) is 17.7 Å². The van der Waals surface area contributed by atoms with Crippen molar-refractivity contribution in [3.63, 3.8) is 0 Å². The first-order valence-electron chi connectivity index (χ1n) is 5.39. The maximum Gasteiger partial charge on any atom is 0.305 e. The van der Waals surface area contributed by atoms with Crippen LogP contribution in [0.25, 0.3) is 0 Å². The summed E-state index contributed by atoms with van der Waals surface area (Å²) >= 11 is 9.03. The lowest BCUT2D eigenvalue weighted by atomic mass is 10.3. The smallest absolute Gasteiger partial charge is 0.305 e. The lowest BCUT2D eigenvalue weighted by Gasteiger charge is -2.09. The number of sulfonamides is 1. The van der Waals surface area contributed by atoms with E-state index in [1.54, 1.807) is 12.1 Å². The van der Waals surface area contributed by atoms with E-state index >= 15 is 0 Å². The zero-order valence-electron chi connectivity index (χ0n) is 10.2. The van der Waals surface area contributed by atoms with Gasteiger partial charge in [0.25, 0.3) is 0 Å². The van der Waals surface area contributed by atoms with E-state index in [1.807, 2.05) is 0 Å². The van der Waals surface area contributed by atoms with Gasteiger partial charge in [0.15, 0.2) is 0 Å². The molecule has 0 amide bonds. The van der Waals surface area contributed by atoms with Crippen LogP contribution < -0.4 is 4.72 Å². The maximum absolute atomic E-state index is 12.0. The van der Waals surface area contributed by atoms with Crippen LogP contribution in [0.1, 0.15) is 12.8 Å². The second-order valence-corrected chi connectivity index (χ2v) is 6.59. The molecule has 0 saturated carbocycles. The van der Waals surface area contributed by atoms with Crippen LogP contribution in [0, 0.1) is 0 Å². The minimum atomic E-state index is -3.71. The molecule has 1 aromatic rings. The molecule has 0 bridgehead atoms. The molecule has 19 heavy (non-hydrogen) atoms. The van der Waals surface area contributed by atoms with E-state index in [9.17, 15) is 13.2 Å². The van der Waals surface area contributed by atoms with Gasteiger partial charge in [-0.15, -0.1) is 0 Å². The van der Waals surface area contributed by atoms with Gasteiger partial charge in [-0.2, -0.15) is 0 Å². The first-order chi connectivity index (χ1) is 8.88. The number of nitrogens with one attached hydrogen (secondary N) is 1. The Morgan fingerprint density at radius 2 is 2.16 bits per heavy atom. The zero-order valence-corrected chi connectivity index (χ0v) is 13.3. The number of methoxy groups -OCH3 is 1. The topological polar surface area (TPSA) is 72.5 Å². The van der Waals surface area contributed by atoms with E-state index in [-0.39, 0.29) is 28.9 Å². The van der Waals surface area contributed by atoms with Crippen molar-refractivity contribution in [2.75, 3.05) is 13.7 Å². The summed E-state index contributed by atoms with van der Waals surface area (Å²) in [5, 5.41) is 0.134. The van der Waals surface area contributed by atoms with Gasteiger partial charge in [0.1, 0.15) is 4.90 Å². The van der Waals surface area contributed by atoms with Crippen LogP contribution in [-0.4, -0.2) is 28.0 Å². The molecule has 0 aliphatic carbocycles. The SMILES string of the molecule is COC(=O)CCCNS(=O)(=O)c1c(Cl)cccc1Br. The van der Waals surface area contributed by atoms with Gasteiger partial charge >= 0.3 is 5.97 Å². The van der Waals surface area contributed by atoms with Crippen LogP contribution in [0.2, 0.25) is 5.02 Å². The normalized spacial score (nSPS) is 11.3. The quantitative estimate of drug-likeness (QED) is 0.616. The van der Waals surface area contributed by atoms with Gasteiger partial charge in [-0.25, -0.2) is 13.1 Å². The van der Waals surface area contributed by atoms with Crippen molar-refractivity contribution < 1.29 is 17.9 Å². The van der Waals surface area contributed by atoms with Crippen molar-refractivity contribution in [3.05, 3.63) is 27.7 Å². The van der Waals surface area contributed by atoms with Crippen LogP contribution >= 0.6 is 27.5 Å². The molecule has 0 radical (unpaired) electrons. The van der Waals surface area contributed by atoms with Crippen molar-refractivity contribution in [1.29, 1.82) is 0 Å². The molecule has 8 heteroatoms. The van der Waals surface area contributed by atoms with Gasteiger partial charge in [-0.1, -0.05) is 17.7 Å². The monoisotopic (exact) mass is 369 g/mol. The molecule has 1 aromatic carbocycles. The second kappa shape index (κ2) is 7.23. The molecule has 1 N–H and O–H groups in total. The summed E-state index contributed by atoms with van der Waals surface area (Å²) in [6, 6.07) is 4.73. The van der Waals surface area contributed by atoms with Crippen LogP contribution in [0.3, 0.4) is 0 Å². The van der Waals surface area contributed by atoms with Crippen molar-refractivity contribution in [3.8, 4) is 0 Å². The van der Waals surface area contributed by atoms with E-state index in [2.05, 4.69) is 25.4 Å². The van der Waals surface area contributed by atoms with Crippen molar-refractivity contribution >= 4 is 43.5 Å². The first kappa shape index (κ1) is 16.4. The molecule has 0 atom stereocenters. The van der Waals surface area contributed by atoms with Crippen LogP contribution in [0.5, 0.6) is 0 Å². The van der Waals surface area contributed by atoms with Gasteiger partial charge in [0.05, 0.1) is 12.1 Å². The summed E-state index contributed by atoms with van der Waals surface area (Å²) < 4.78 is 31.3. The number of carbonyl (C=O) groups is 1. The summed E-state index contributed by atoms with van der Waals surface area (Å²) in [5.74, 6) is -0.377. The number of benzene rings is 1. The van der Waals surface area contributed by atoms with Gasteiger partial charge in [0.2, 0.25) is 10.0 Å². The minimum Gasteiger partial charge on any atom is -0.469 e. The summed E-state index contributed by atoms with van der Waals surface area (Å²) in [5.41, 5.74) is 0. The Morgan fingerprint density at radius 1 is 1.47 bits per heavy atom.